The number of carbonyl (C=O) groups excluding carboxylic acids is 1. The molecule has 48 heavy (non-hydrogen) atoms. The zero-order chi connectivity index (χ0) is 35.7. The van der Waals surface area contributed by atoms with Crippen LogP contribution in [0.2, 0.25) is 0 Å². The maximum atomic E-state index is 11.3. The zero-order valence-corrected chi connectivity index (χ0v) is 29.4. The Balaban J connectivity index is 0.000000644. The smallest absolute Gasteiger partial charge is 0.204 e. The standard InChI is InChI=1S/C27H31N5O.C12H20.CH3NO/c1-4-5-9-26(31-22-10-12-25(29)21(15-22)17-28)24-16-23(32-33)11-13-27(24)30-19(3)20-8-6-7-18(2)14-20;1-4-6-8-9-11-12(3)10-7-5-2;2-1-3/h6-17,24,27-28,31H,4-5,29H2,1-3H3;4,6,8-9,11H,5,7,10H2,1-3H3;1H,(H2,2,3)/b26-9-,28-17?,30-19?;6-4+,9-8-,12-11+;. The van der Waals surface area contributed by atoms with Crippen molar-refractivity contribution in [3.8, 4) is 0 Å². The largest absolute Gasteiger partial charge is 0.398 e. The van der Waals surface area contributed by atoms with Crippen LogP contribution in [0.15, 0.2) is 124 Å². The number of nitrogen functional groups attached to an aromatic ring is 1. The molecule has 6 N–H and O–H groups in total. The highest BCUT2D eigenvalue weighted by Gasteiger charge is 2.25. The molecular weight excluding hydrogens is 596 g/mol. The number of rotatable bonds is 14. The minimum atomic E-state index is -0.192. The maximum Gasteiger partial charge on any atom is 0.204 e. The number of aryl methyl sites for hydroxylation is 1. The van der Waals surface area contributed by atoms with Crippen LogP contribution in [-0.2, 0) is 4.79 Å². The third-order valence-corrected chi connectivity index (χ3v) is 7.33. The molecule has 3 rings (SSSR count). The lowest BCUT2D eigenvalue weighted by Gasteiger charge is -2.27. The molecule has 0 aromatic heterocycles. The summed E-state index contributed by atoms with van der Waals surface area (Å²) in [7, 11) is 0. The van der Waals surface area contributed by atoms with E-state index in [2.05, 4.69) is 86.4 Å². The van der Waals surface area contributed by atoms with Gasteiger partial charge in [0.1, 0.15) is 5.70 Å². The molecule has 1 amide bonds. The monoisotopic (exact) mass is 650 g/mol. The SMILES string of the molecule is C/C=C/C=C\C=C(/C)CCCC.CCC/C=C(\Nc1ccc(N)c(C=N)c1)C1C=C(N=O)C=CC1N=C(C)c1cccc(C)c1.NC=O. The van der Waals surface area contributed by atoms with Crippen molar-refractivity contribution in [1.29, 1.82) is 5.41 Å². The van der Waals surface area contributed by atoms with E-state index in [0.29, 0.717) is 16.9 Å². The molecule has 2 aromatic rings. The highest BCUT2D eigenvalue weighted by Crippen LogP contribution is 2.30. The average Bonchev–Trinajstić information content (AvgIpc) is 3.09. The Hall–Kier alpha value is -5.11. The van der Waals surface area contributed by atoms with Crippen molar-refractivity contribution in [1.82, 2.24) is 0 Å². The van der Waals surface area contributed by atoms with Gasteiger partial charge in [-0.2, -0.15) is 0 Å². The van der Waals surface area contributed by atoms with Crippen LogP contribution >= 0.6 is 0 Å². The van der Waals surface area contributed by atoms with Gasteiger partial charge in [-0.15, -0.1) is 4.91 Å². The molecule has 256 valence electrons. The van der Waals surface area contributed by atoms with E-state index in [-0.39, 0.29) is 18.4 Å². The second-order valence-electron chi connectivity index (χ2n) is 11.4. The molecule has 0 saturated heterocycles. The van der Waals surface area contributed by atoms with Gasteiger partial charge in [-0.25, -0.2) is 0 Å². The molecule has 0 radical (unpaired) electrons. The Labute approximate surface area is 287 Å². The van der Waals surface area contributed by atoms with Crippen molar-refractivity contribution in [3.05, 3.63) is 136 Å². The fourth-order valence-electron chi connectivity index (χ4n) is 4.73. The lowest BCUT2D eigenvalue weighted by atomic mass is 9.89. The summed E-state index contributed by atoms with van der Waals surface area (Å²) in [5.41, 5.74) is 18.1. The first-order valence-electron chi connectivity index (χ1n) is 16.5. The van der Waals surface area contributed by atoms with Crippen LogP contribution in [0.3, 0.4) is 0 Å². The summed E-state index contributed by atoms with van der Waals surface area (Å²) < 4.78 is 0. The van der Waals surface area contributed by atoms with Crippen molar-refractivity contribution in [2.45, 2.75) is 79.7 Å². The molecule has 1 aliphatic rings. The van der Waals surface area contributed by atoms with Gasteiger partial charge < -0.3 is 22.2 Å². The van der Waals surface area contributed by atoms with Gasteiger partial charge in [0.2, 0.25) is 6.41 Å². The number of anilines is 2. The topological polar surface area (TPSA) is 147 Å². The fraction of sp³-hybridized carbons (Fsp3) is 0.325. The summed E-state index contributed by atoms with van der Waals surface area (Å²) in [4.78, 5) is 24.9. The molecular formula is C40H54N6O2. The second kappa shape index (κ2) is 24.1. The van der Waals surface area contributed by atoms with Crippen LogP contribution in [0, 0.1) is 23.2 Å². The van der Waals surface area contributed by atoms with Gasteiger partial charge in [0.15, 0.2) is 0 Å². The third kappa shape index (κ3) is 15.5. The van der Waals surface area contributed by atoms with Crippen molar-refractivity contribution in [2.75, 3.05) is 11.1 Å². The van der Waals surface area contributed by atoms with E-state index in [1.807, 2.05) is 56.4 Å². The van der Waals surface area contributed by atoms with Gasteiger partial charge in [-0.1, -0.05) is 105 Å². The lowest BCUT2D eigenvalue weighted by Crippen LogP contribution is -2.25. The van der Waals surface area contributed by atoms with Crippen LogP contribution in [0.1, 0.15) is 83.4 Å². The van der Waals surface area contributed by atoms with Gasteiger partial charge in [0, 0.05) is 40.5 Å². The van der Waals surface area contributed by atoms with E-state index in [9.17, 15) is 4.91 Å². The van der Waals surface area contributed by atoms with Gasteiger partial charge >= 0.3 is 0 Å². The molecule has 0 saturated carbocycles. The number of benzene rings is 2. The van der Waals surface area contributed by atoms with E-state index in [0.717, 1.165) is 35.5 Å². The van der Waals surface area contributed by atoms with Crippen LogP contribution < -0.4 is 16.8 Å². The van der Waals surface area contributed by atoms with Crippen molar-refractivity contribution in [2.24, 2.45) is 21.8 Å². The summed E-state index contributed by atoms with van der Waals surface area (Å²) in [6, 6.07) is 13.6. The number of allylic oxidation sites excluding steroid dienone is 8. The van der Waals surface area contributed by atoms with Crippen molar-refractivity contribution in [3.63, 3.8) is 0 Å². The van der Waals surface area contributed by atoms with Crippen LogP contribution in [-0.4, -0.2) is 24.4 Å². The molecule has 0 fully saturated rings. The van der Waals surface area contributed by atoms with Crippen LogP contribution in [0.5, 0.6) is 0 Å². The minimum Gasteiger partial charge on any atom is -0.398 e. The Bertz CT molecular complexity index is 1530. The Morgan fingerprint density at radius 3 is 2.44 bits per heavy atom. The number of aliphatic imine (C=N–C) groups is 1. The fourth-order valence-corrected chi connectivity index (χ4v) is 4.73. The molecule has 2 aromatic carbocycles. The predicted molar refractivity (Wildman–Crippen MR) is 207 cm³/mol. The first kappa shape index (κ1) is 40.9. The molecule has 8 heteroatoms. The molecule has 2 atom stereocenters. The summed E-state index contributed by atoms with van der Waals surface area (Å²) in [6.07, 6.45) is 25.3. The van der Waals surface area contributed by atoms with Crippen LogP contribution in [0.4, 0.5) is 11.4 Å². The van der Waals surface area contributed by atoms with E-state index >= 15 is 0 Å². The molecule has 0 bridgehead atoms. The highest BCUT2D eigenvalue weighted by atomic mass is 16.3. The number of nitrogens with two attached hydrogens (primary N) is 2. The number of unbranched alkanes of at least 4 members (excludes halogenated alkanes) is 2. The predicted octanol–water partition coefficient (Wildman–Crippen LogP) is 9.74. The van der Waals surface area contributed by atoms with Gasteiger partial charge in [0.25, 0.3) is 0 Å². The quantitative estimate of drug-likeness (QED) is 0.0530. The van der Waals surface area contributed by atoms with Gasteiger partial charge in [-0.05, 0) is 88.0 Å². The number of carbonyl (C=O) groups is 1. The van der Waals surface area contributed by atoms with Crippen molar-refractivity contribution < 1.29 is 4.79 Å². The lowest BCUT2D eigenvalue weighted by molar-refractivity contribution is -0.106. The Kier molecular flexibility index (Phi) is 20.6. The third-order valence-electron chi connectivity index (χ3n) is 7.33. The minimum absolute atomic E-state index is 0.185. The first-order valence-corrected chi connectivity index (χ1v) is 16.5. The molecule has 2 unspecified atom stereocenters. The molecule has 0 aliphatic heterocycles. The van der Waals surface area contributed by atoms with E-state index in [1.54, 1.807) is 12.1 Å². The Morgan fingerprint density at radius 2 is 1.81 bits per heavy atom. The number of hydrogen-bond donors (Lipinski definition) is 4. The number of amides is 1. The number of primary amides is 1. The zero-order valence-electron chi connectivity index (χ0n) is 29.4. The van der Waals surface area contributed by atoms with Gasteiger partial charge in [-0.3, -0.25) is 9.79 Å². The molecule has 1 aliphatic carbocycles. The van der Waals surface area contributed by atoms with Crippen LogP contribution in [0.25, 0.3) is 0 Å². The molecule has 8 nitrogen and oxygen atoms in total. The van der Waals surface area contributed by atoms with E-state index in [4.69, 9.17) is 20.9 Å². The first-order chi connectivity index (χ1) is 23.2. The average molecular weight is 651 g/mol. The normalized spacial score (nSPS) is 16.4. The Morgan fingerprint density at radius 1 is 1.06 bits per heavy atom. The summed E-state index contributed by atoms with van der Waals surface area (Å²) in [5.74, 6) is -0.185. The van der Waals surface area contributed by atoms with Gasteiger partial charge in [0.05, 0.1) is 6.04 Å². The second-order valence-corrected chi connectivity index (χ2v) is 11.4. The number of nitrogens with zero attached hydrogens (tertiary/aromatic N) is 2. The summed E-state index contributed by atoms with van der Waals surface area (Å²) in [5, 5.41) is 14.3. The maximum absolute atomic E-state index is 11.3. The number of hydrogen-bond acceptors (Lipinski definition) is 7. The number of nitrogens with one attached hydrogen (secondary N) is 2. The number of nitroso groups, excluding NO2 is 1. The summed E-state index contributed by atoms with van der Waals surface area (Å²) in [6.45, 7) is 12.6. The molecule has 0 spiro atoms. The summed E-state index contributed by atoms with van der Waals surface area (Å²) >= 11 is 0. The van der Waals surface area contributed by atoms with E-state index < -0.39 is 0 Å². The van der Waals surface area contributed by atoms with Crippen molar-refractivity contribution >= 4 is 29.7 Å². The highest BCUT2D eigenvalue weighted by molar-refractivity contribution is 5.99. The molecule has 0 heterocycles. The van der Waals surface area contributed by atoms with E-state index in [1.165, 1.54) is 36.6 Å².